The van der Waals surface area contributed by atoms with E-state index in [-0.39, 0.29) is 30.0 Å². The minimum atomic E-state index is -0.422. The van der Waals surface area contributed by atoms with Crippen LogP contribution in [0.2, 0.25) is 0 Å². The molecule has 0 spiro atoms. The number of aryl methyl sites for hydroxylation is 1. The lowest BCUT2D eigenvalue weighted by molar-refractivity contribution is -0.113. The summed E-state index contributed by atoms with van der Waals surface area (Å²) in [7, 11) is 0. The van der Waals surface area contributed by atoms with Crippen molar-refractivity contribution < 1.29 is 23.5 Å². The Hall–Kier alpha value is -2.70. The molecule has 2 amide bonds. The van der Waals surface area contributed by atoms with Crippen molar-refractivity contribution in [2.75, 3.05) is 23.0 Å². The lowest BCUT2D eigenvalue weighted by Crippen LogP contribution is -2.16. The Morgan fingerprint density at radius 1 is 1.15 bits per heavy atom. The van der Waals surface area contributed by atoms with E-state index in [0.717, 1.165) is 53.9 Å². The van der Waals surface area contributed by atoms with Crippen molar-refractivity contribution >= 4 is 62.4 Å². The van der Waals surface area contributed by atoms with E-state index in [1.165, 1.54) is 29.4 Å². The van der Waals surface area contributed by atoms with Gasteiger partial charge < -0.3 is 14.5 Å². The summed E-state index contributed by atoms with van der Waals surface area (Å²) in [5.41, 5.74) is 1.51. The molecule has 0 unspecified atom stereocenters. The maximum Gasteiger partial charge on any atom is 0.341 e. The van der Waals surface area contributed by atoms with Gasteiger partial charge in [-0.15, -0.1) is 21.5 Å². The number of thioether (sulfide) groups is 1. The van der Waals surface area contributed by atoms with Crippen molar-refractivity contribution in [1.82, 2.24) is 10.2 Å². The molecule has 0 radical (unpaired) electrons. The summed E-state index contributed by atoms with van der Waals surface area (Å²) in [6.45, 7) is 2.05. The lowest BCUT2D eigenvalue weighted by Gasteiger charge is -2.08. The molecule has 3 heterocycles. The van der Waals surface area contributed by atoms with E-state index in [1.54, 1.807) is 19.1 Å². The predicted octanol–water partition coefficient (Wildman–Crippen LogP) is 4.62. The number of carbonyl (C=O) groups excluding carboxylic acids is 3. The van der Waals surface area contributed by atoms with Gasteiger partial charge in [-0.25, -0.2) is 4.79 Å². The van der Waals surface area contributed by atoms with E-state index in [1.807, 2.05) is 0 Å². The fourth-order valence-corrected chi connectivity index (χ4v) is 6.27. The summed E-state index contributed by atoms with van der Waals surface area (Å²) >= 11 is 3.83. The summed E-state index contributed by atoms with van der Waals surface area (Å²) in [6.07, 6.45) is 6.38. The number of furan rings is 1. The molecule has 0 aliphatic heterocycles. The third-order valence-corrected chi connectivity index (χ3v) is 8.03. The van der Waals surface area contributed by atoms with Crippen LogP contribution in [0.25, 0.3) is 0 Å². The van der Waals surface area contributed by atoms with Gasteiger partial charge in [0.15, 0.2) is 10.1 Å². The number of amides is 2. The zero-order valence-electron chi connectivity index (χ0n) is 17.8. The molecule has 0 fully saturated rings. The Labute approximate surface area is 202 Å². The van der Waals surface area contributed by atoms with Crippen LogP contribution in [0.1, 0.15) is 57.5 Å². The molecule has 3 aromatic rings. The molecule has 1 aliphatic rings. The number of anilines is 2. The molecular weight excluding hydrogens is 484 g/mol. The van der Waals surface area contributed by atoms with Crippen LogP contribution < -0.4 is 10.6 Å². The minimum absolute atomic E-state index is 0.0889. The van der Waals surface area contributed by atoms with Crippen LogP contribution in [-0.4, -0.2) is 40.3 Å². The van der Waals surface area contributed by atoms with Gasteiger partial charge in [0, 0.05) is 4.88 Å². The number of rotatable bonds is 8. The van der Waals surface area contributed by atoms with Crippen LogP contribution in [0.3, 0.4) is 0 Å². The summed E-state index contributed by atoms with van der Waals surface area (Å²) in [6, 6.07) is 3.17. The third kappa shape index (κ3) is 5.81. The second kappa shape index (κ2) is 10.9. The largest absolute Gasteiger partial charge is 0.462 e. The van der Waals surface area contributed by atoms with Crippen molar-refractivity contribution in [3.8, 4) is 0 Å². The van der Waals surface area contributed by atoms with Gasteiger partial charge >= 0.3 is 5.97 Å². The van der Waals surface area contributed by atoms with E-state index < -0.39 is 5.91 Å². The summed E-state index contributed by atoms with van der Waals surface area (Å²) in [5.74, 6) is -0.801. The van der Waals surface area contributed by atoms with Gasteiger partial charge in [0.25, 0.3) is 5.91 Å². The van der Waals surface area contributed by atoms with Gasteiger partial charge in [0.05, 0.1) is 24.2 Å². The summed E-state index contributed by atoms with van der Waals surface area (Å²) in [4.78, 5) is 38.4. The number of hydrogen-bond acceptors (Lipinski definition) is 10. The van der Waals surface area contributed by atoms with Gasteiger partial charge in [0.2, 0.25) is 11.0 Å². The van der Waals surface area contributed by atoms with Crippen LogP contribution in [0, 0.1) is 0 Å². The third-order valence-electron chi connectivity index (χ3n) is 4.85. The molecule has 0 bridgehead atoms. The average molecular weight is 507 g/mol. The van der Waals surface area contributed by atoms with Crippen molar-refractivity contribution in [2.24, 2.45) is 0 Å². The highest BCUT2D eigenvalue weighted by atomic mass is 32.2. The van der Waals surface area contributed by atoms with Crippen molar-refractivity contribution in [1.29, 1.82) is 0 Å². The standard InChI is InChI=1S/C21H22N4O5S3/c1-2-29-19(28)16-12-7-4-3-5-9-14(12)32-18(16)22-15(26)11-31-21-25-24-20(33-21)23-17(27)13-8-6-10-30-13/h6,8,10H,2-5,7,9,11H2,1H3,(H,22,26)(H,23,24,27). The highest BCUT2D eigenvalue weighted by molar-refractivity contribution is 8.01. The fraction of sp³-hybridized carbons (Fsp3) is 0.381. The monoisotopic (exact) mass is 506 g/mol. The number of ether oxygens (including phenoxy) is 1. The number of hydrogen-bond donors (Lipinski definition) is 2. The maximum atomic E-state index is 12.6. The normalized spacial score (nSPS) is 13.1. The molecule has 33 heavy (non-hydrogen) atoms. The Morgan fingerprint density at radius 3 is 2.79 bits per heavy atom. The molecular formula is C21H22N4O5S3. The molecule has 0 atom stereocenters. The van der Waals surface area contributed by atoms with Crippen molar-refractivity contribution in [2.45, 2.75) is 43.4 Å². The molecule has 9 nitrogen and oxygen atoms in total. The first-order valence-electron chi connectivity index (χ1n) is 10.5. The molecule has 0 aromatic carbocycles. The molecule has 12 heteroatoms. The van der Waals surface area contributed by atoms with Crippen molar-refractivity contribution in [3.63, 3.8) is 0 Å². The van der Waals surface area contributed by atoms with Gasteiger partial charge in [0.1, 0.15) is 5.00 Å². The topological polar surface area (TPSA) is 123 Å². The lowest BCUT2D eigenvalue weighted by atomic mass is 10.1. The van der Waals surface area contributed by atoms with Crippen LogP contribution in [-0.2, 0) is 22.4 Å². The number of aromatic nitrogens is 2. The van der Waals surface area contributed by atoms with Crippen LogP contribution >= 0.6 is 34.4 Å². The molecule has 1 aliphatic carbocycles. The van der Waals surface area contributed by atoms with Crippen LogP contribution in [0.15, 0.2) is 27.2 Å². The molecule has 174 valence electrons. The van der Waals surface area contributed by atoms with Crippen LogP contribution in [0.4, 0.5) is 10.1 Å². The van der Waals surface area contributed by atoms with E-state index in [0.29, 0.717) is 20.0 Å². The molecule has 0 saturated carbocycles. The average Bonchev–Trinajstić information content (AvgIpc) is 3.51. The highest BCUT2D eigenvalue weighted by Gasteiger charge is 2.26. The van der Waals surface area contributed by atoms with Gasteiger partial charge in [-0.05, 0) is 50.3 Å². The van der Waals surface area contributed by atoms with Gasteiger partial charge in [-0.2, -0.15) is 0 Å². The smallest absolute Gasteiger partial charge is 0.341 e. The zero-order chi connectivity index (χ0) is 23.2. The Kier molecular flexibility index (Phi) is 7.78. The SMILES string of the molecule is CCOC(=O)c1c(NC(=O)CSc2nnc(NC(=O)c3ccco3)s2)sc2c1CCCCC2. The summed E-state index contributed by atoms with van der Waals surface area (Å²) < 4.78 is 10.8. The Morgan fingerprint density at radius 2 is 2.00 bits per heavy atom. The number of fused-ring (bicyclic) bond motifs is 1. The molecule has 3 aromatic heterocycles. The van der Waals surface area contributed by atoms with E-state index in [9.17, 15) is 14.4 Å². The number of thiophene rings is 1. The van der Waals surface area contributed by atoms with E-state index >= 15 is 0 Å². The molecule has 0 saturated heterocycles. The first-order chi connectivity index (χ1) is 16.0. The summed E-state index contributed by atoms with van der Waals surface area (Å²) in [5, 5.41) is 14.3. The van der Waals surface area contributed by atoms with Crippen molar-refractivity contribution in [3.05, 3.63) is 40.2 Å². The maximum absolute atomic E-state index is 12.6. The number of esters is 1. The minimum Gasteiger partial charge on any atom is -0.462 e. The highest BCUT2D eigenvalue weighted by Crippen LogP contribution is 2.38. The van der Waals surface area contributed by atoms with Crippen LogP contribution in [0.5, 0.6) is 0 Å². The Balaban J connectivity index is 1.38. The Bertz CT molecular complexity index is 1140. The predicted molar refractivity (Wildman–Crippen MR) is 127 cm³/mol. The second-order valence-electron chi connectivity index (χ2n) is 7.13. The quantitative estimate of drug-likeness (QED) is 0.196. The molecule has 2 N–H and O–H groups in total. The first-order valence-corrected chi connectivity index (χ1v) is 13.1. The van der Waals surface area contributed by atoms with Gasteiger partial charge in [-0.3, -0.25) is 14.9 Å². The molecule has 4 rings (SSSR count). The van der Waals surface area contributed by atoms with Gasteiger partial charge in [-0.1, -0.05) is 29.5 Å². The fourth-order valence-electron chi connectivity index (χ4n) is 3.43. The number of nitrogens with zero attached hydrogens (tertiary/aromatic N) is 2. The number of nitrogens with one attached hydrogen (secondary N) is 2. The zero-order valence-corrected chi connectivity index (χ0v) is 20.3. The second-order valence-corrected chi connectivity index (χ2v) is 10.4. The first kappa shape index (κ1) is 23.5. The number of carbonyl (C=O) groups is 3. The van der Waals surface area contributed by atoms with E-state index in [2.05, 4.69) is 20.8 Å². The van der Waals surface area contributed by atoms with E-state index in [4.69, 9.17) is 9.15 Å².